The number of aryl methyl sites for hydroxylation is 1. The number of thioether (sulfide) groups is 1. The second kappa shape index (κ2) is 10.6. The third-order valence-electron chi connectivity index (χ3n) is 4.40. The predicted octanol–water partition coefficient (Wildman–Crippen LogP) is 3.62. The Kier molecular flexibility index (Phi) is 7.66. The summed E-state index contributed by atoms with van der Waals surface area (Å²) in [6.07, 6.45) is 1.38. The lowest BCUT2D eigenvalue weighted by Crippen LogP contribution is -2.20. The topological polar surface area (TPSA) is 102 Å². The maximum absolute atomic E-state index is 12.2. The molecule has 0 saturated heterocycles. The summed E-state index contributed by atoms with van der Waals surface area (Å²) in [4.78, 5) is 12.2. The van der Waals surface area contributed by atoms with Crippen LogP contribution in [0.15, 0.2) is 52.7 Å². The number of benzene rings is 2. The molecule has 0 saturated carbocycles. The van der Waals surface area contributed by atoms with Crippen molar-refractivity contribution >= 4 is 23.9 Å². The van der Waals surface area contributed by atoms with Gasteiger partial charge in [0.2, 0.25) is 0 Å². The van der Waals surface area contributed by atoms with Crippen LogP contribution in [0.5, 0.6) is 11.5 Å². The number of carbonyl (C=O) groups is 1. The fourth-order valence-corrected chi connectivity index (χ4v) is 3.64. The van der Waals surface area contributed by atoms with Gasteiger partial charge >= 0.3 is 0 Å². The highest BCUT2D eigenvalue weighted by Crippen LogP contribution is 2.28. The van der Waals surface area contributed by atoms with Gasteiger partial charge in [-0.1, -0.05) is 47.7 Å². The number of nitrogens with one attached hydrogen (secondary N) is 1. The van der Waals surface area contributed by atoms with Crippen molar-refractivity contribution < 1.29 is 14.6 Å². The molecule has 31 heavy (non-hydrogen) atoms. The fraction of sp³-hybridized carbons (Fsp3) is 0.273. The van der Waals surface area contributed by atoms with Crippen LogP contribution in [-0.4, -0.2) is 44.4 Å². The Morgan fingerprint density at radius 1 is 1.23 bits per heavy atom. The Bertz CT molecular complexity index is 1060. The van der Waals surface area contributed by atoms with Crippen LogP contribution >= 0.6 is 11.8 Å². The van der Waals surface area contributed by atoms with Gasteiger partial charge in [-0.15, -0.1) is 10.2 Å². The molecule has 2 aromatic carbocycles. The Labute approximate surface area is 185 Å². The molecule has 0 aliphatic rings. The van der Waals surface area contributed by atoms with Crippen LogP contribution in [0.25, 0.3) is 11.4 Å². The molecule has 1 heterocycles. The fourth-order valence-electron chi connectivity index (χ4n) is 2.85. The van der Waals surface area contributed by atoms with Crippen molar-refractivity contribution in [1.29, 1.82) is 0 Å². The first-order valence-corrected chi connectivity index (χ1v) is 10.9. The summed E-state index contributed by atoms with van der Waals surface area (Å²) >= 11 is 1.29. The summed E-state index contributed by atoms with van der Waals surface area (Å²) < 4.78 is 7.31. The normalized spacial score (nSPS) is 11.1. The largest absolute Gasteiger partial charge is 0.504 e. The van der Waals surface area contributed by atoms with Crippen molar-refractivity contribution in [3.8, 4) is 22.9 Å². The summed E-state index contributed by atoms with van der Waals surface area (Å²) in [7, 11) is 0. The quantitative estimate of drug-likeness (QED) is 0.300. The third kappa shape index (κ3) is 5.64. The maximum atomic E-state index is 12.2. The molecule has 2 N–H and O–H groups in total. The zero-order valence-corrected chi connectivity index (χ0v) is 18.5. The van der Waals surface area contributed by atoms with Gasteiger partial charge in [-0.25, -0.2) is 5.43 Å². The van der Waals surface area contributed by atoms with Crippen LogP contribution in [0.3, 0.4) is 0 Å². The molecular weight excluding hydrogens is 414 g/mol. The standard InChI is InChI=1S/C22H25N5O3S/c1-4-27-21(16-11-9-15(3)10-12-16)25-26-22(27)31-14-19(28)24-23-13-17-7-6-8-18(20(17)29)30-5-2/h6-13,29H,4-5,14H2,1-3H3,(H,24,28)/b23-13+. The van der Waals surface area contributed by atoms with Crippen molar-refractivity contribution in [2.24, 2.45) is 5.10 Å². The van der Waals surface area contributed by atoms with Gasteiger partial charge < -0.3 is 14.4 Å². The minimum Gasteiger partial charge on any atom is -0.504 e. The number of aromatic hydroxyl groups is 1. The SMILES string of the molecule is CCOc1cccc(/C=N/NC(=O)CSc2nnc(-c3ccc(C)cc3)n2CC)c1O. The van der Waals surface area contributed by atoms with E-state index in [0.29, 0.717) is 29.6 Å². The number of hydrogen-bond donors (Lipinski definition) is 2. The molecule has 8 nitrogen and oxygen atoms in total. The zero-order valence-electron chi connectivity index (χ0n) is 17.7. The maximum Gasteiger partial charge on any atom is 0.250 e. The average Bonchev–Trinajstić information content (AvgIpc) is 3.18. The second-order valence-electron chi connectivity index (χ2n) is 6.63. The van der Waals surface area contributed by atoms with Gasteiger partial charge in [0.15, 0.2) is 22.5 Å². The third-order valence-corrected chi connectivity index (χ3v) is 5.36. The number of para-hydroxylation sites is 1. The molecule has 0 aliphatic heterocycles. The Morgan fingerprint density at radius 2 is 2.00 bits per heavy atom. The highest BCUT2D eigenvalue weighted by molar-refractivity contribution is 7.99. The predicted molar refractivity (Wildman–Crippen MR) is 122 cm³/mol. The zero-order chi connectivity index (χ0) is 22.2. The van der Waals surface area contributed by atoms with E-state index in [0.717, 1.165) is 11.4 Å². The highest BCUT2D eigenvalue weighted by atomic mass is 32.2. The van der Waals surface area contributed by atoms with Crippen LogP contribution in [-0.2, 0) is 11.3 Å². The van der Waals surface area contributed by atoms with E-state index in [1.807, 2.05) is 49.6 Å². The molecule has 3 rings (SSSR count). The number of phenols is 1. The Morgan fingerprint density at radius 3 is 2.71 bits per heavy atom. The molecule has 1 aromatic heterocycles. The summed E-state index contributed by atoms with van der Waals surface area (Å²) in [5, 5.41) is 23.3. The summed E-state index contributed by atoms with van der Waals surface area (Å²) in [6.45, 7) is 7.01. The van der Waals surface area contributed by atoms with E-state index in [1.54, 1.807) is 18.2 Å². The van der Waals surface area contributed by atoms with E-state index in [1.165, 1.54) is 23.5 Å². The number of hydrazone groups is 1. The van der Waals surface area contributed by atoms with Gasteiger partial charge in [-0.2, -0.15) is 5.10 Å². The molecule has 0 spiro atoms. The van der Waals surface area contributed by atoms with Crippen molar-refractivity contribution in [2.45, 2.75) is 32.5 Å². The van der Waals surface area contributed by atoms with Crippen LogP contribution in [0, 0.1) is 6.92 Å². The number of nitrogens with zero attached hydrogens (tertiary/aromatic N) is 4. The highest BCUT2D eigenvalue weighted by Gasteiger charge is 2.14. The Balaban J connectivity index is 1.60. The Hall–Kier alpha value is -3.33. The lowest BCUT2D eigenvalue weighted by molar-refractivity contribution is -0.118. The van der Waals surface area contributed by atoms with Gasteiger partial charge in [0.1, 0.15) is 0 Å². The minimum atomic E-state index is -0.288. The summed E-state index contributed by atoms with van der Waals surface area (Å²) in [6, 6.07) is 13.2. The molecule has 3 aromatic rings. The number of amides is 1. The van der Waals surface area contributed by atoms with E-state index >= 15 is 0 Å². The number of carbonyl (C=O) groups excluding carboxylic acids is 1. The molecule has 9 heteroatoms. The van der Waals surface area contributed by atoms with Crippen LogP contribution < -0.4 is 10.2 Å². The lowest BCUT2D eigenvalue weighted by atomic mass is 10.1. The molecule has 162 valence electrons. The van der Waals surface area contributed by atoms with Gasteiger partial charge in [0.05, 0.1) is 18.6 Å². The van der Waals surface area contributed by atoms with Gasteiger partial charge in [0.25, 0.3) is 5.91 Å². The molecular formula is C22H25N5O3S. The van der Waals surface area contributed by atoms with E-state index in [9.17, 15) is 9.90 Å². The first kappa shape index (κ1) is 22.4. The number of hydrogen-bond acceptors (Lipinski definition) is 7. The molecule has 0 bridgehead atoms. The van der Waals surface area contributed by atoms with Crippen molar-refractivity contribution in [2.75, 3.05) is 12.4 Å². The lowest BCUT2D eigenvalue weighted by Gasteiger charge is -2.08. The van der Waals surface area contributed by atoms with Crippen molar-refractivity contribution in [3.63, 3.8) is 0 Å². The molecule has 0 radical (unpaired) electrons. The number of aromatic nitrogens is 3. The number of rotatable bonds is 9. The number of ether oxygens (including phenoxy) is 1. The molecule has 0 atom stereocenters. The first-order valence-electron chi connectivity index (χ1n) is 9.93. The average molecular weight is 440 g/mol. The van der Waals surface area contributed by atoms with E-state index in [-0.39, 0.29) is 17.4 Å². The molecule has 0 aliphatic carbocycles. The summed E-state index contributed by atoms with van der Waals surface area (Å²) in [5.74, 6) is 0.972. The van der Waals surface area contributed by atoms with Crippen LogP contribution in [0.4, 0.5) is 0 Å². The van der Waals surface area contributed by atoms with E-state index in [4.69, 9.17) is 4.74 Å². The van der Waals surface area contributed by atoms with Crippen LogP contribution in [0.2, 0.25) is 0 Å². The van der Waals surface area contributed by atoms with E-state index in [2.05, 4.69) is 20.7 Å². The van der Waals surface area contributed by atoms with E-state index < -0.39 is 0 Å². The monoisotopic (exact) mass is 439 g/mol. The minimum absolute atomic E-state index is 0.0172. The van der Waals surface area contributed by atoms with Crippen molar-refractivity contribution in [3.05, 3.63) is 53.6 Å². The van der Waals surface area contributed by atoms with Crippen LogP contribution in [0.1, 0.15) is 25.0 Å². The van der Waals surface area contributed by atoms with Gasteiger partial charge in [-0.3, -0.25) is 4.79 Å². The van der Waals surface area contributed by atoms with Crippen molar-refractivity contribution in [1.82, 2.24) is 20.2 Å². The second-order valence-corrected chi connectivity index (χ2v) is 7.57. The molecule has 1 amide bonds. The molecule has 0 unspecified atom stereocenters. The van der Waals surface area contributed by atoms with Gasteiger partial charge in [0, 0.05) is 17.7 Å². The van der Waals surface area contributed by atoms with Gasteiger partial charge in [-0.05, 0) is 32.9 Å². The number of phenolic OH excluding ortho intramolecular Hbond substituents is 1. The smallest absolute Gasteiger partial charge is 0.250 e. The first-order chi connectivity index (χ1) is 15.0. The summed E-state index contributed by atoms with van der Waals surface area (Å²) in [5.41, 5.74) is 5.07. The molecule has 0 fully saturated rings.